The molecule has 0 fully saturated rings. The molecule has 1 aromatic carbocycles. The minimum absolute atomic E-state index is 0.0468. The van der Waals surface area contributed by atoms with E-state index in [0.717, 1.165) is 12.8 Å². The highest BCUT2D eigenvalue weighted by Crippen LogP contribution is 2.43. The molecule has 0 aromatic heterocycles. The molecule has 0 atom stereocenters. The zero-order valence-electron chi connectivity index (χ0n) is 18.1. The first kappa shape index (κ1) is 21.7. The van der Waals surface area contributed by atoms with Crippen LogP contribution in [0.15, 0.2) is 24.3 Å². The molecule has 0 saturated carbocycles. The Bertz CT molecular complexity index is 490. The van der Waals surface area contributed by atoms with Crippen molar-refractivity contribution >= 4 is 8.32 Å². The summed E-state index contributed by atoms with van der Waals surface area (Å²) in [5.74, 6) is 0.576. The topological polar surface area (TPSA) is 9.23 Å². The van der Waals surface area contributed by atoms with Crippen LogP contribution in [0.2, 0.25) is 18.1 Å². The molecular weight excluding hydrogens is 332 g/mol. The zero-order chi connectivity index (χ0) is 19.0. The van der Waals surface area contributed by atoms with Gasteiger partial charge in [-0.1, -0.05) is 97.4 Å². The molecule has 148 valence electrons. The van der Waals surface area contributed by atoms with Crippen LogP contribution in [-0.4, -0.2) is 13.9 Å². The molecule has 0 amide bonds. The fourth-order valence-electron chi connectivity index (χ4n) is 4.66. The van der Waals surface area contributed by atoms with Gasteiger partial charge in [-0.15, -0.1) is 0 Å². The Labute approximate surface area is 164 Å². The van der Waals surface area contributed by atoms with E-state index in [1.165, 1.54) is 67.8 Å². The van der Waals surface area contributed by atoms with E-state index >= 15 is 0 Å². The van der Waals surface area contributed by atoms with Gasteiger partial charge in [-0.2, -0.15) is 0 Å². The van der Waals surface area contributed by atoms with E-state index in [-0.39, 0.29) is 5.60 Å². The Kier molecular flexibility index (Phi) is 8.41. The zero-order valence-corrected chi connectivity index (χ0v) is 19.1. The first-order chi connectivity index (χ1) is 12.5. The lowest BCUT2D eigenvalue weighted by atomic mass is 9.87. The maximum absolute atomic E-state index is 7.48. The summed E-state index contributed by atoms with van der Waals surface area (Å²) < 4.78 is 7.48. The van der Waals surface area contributed by atoms with Gasteiger partial charge < -0.3 is 4.43 Å². The van der Waals surface area contributed by atoms with Gasteiger partial charge in [-0.3, -0.25) is 0 Å². The molecule has 2 heteroatoms. The Morgan fingerprint density at radius 3 is 1.62 bits per heavy atom. The third-order valence-electron chi connectivity index (χ3n) is 6.53. The number of unbranched alkanes of at least 4 members (excludes halogenated alkanes) is 3. The number of rotatable bonds is 12. The van der Waals surface area contributed by atoms with E-state index in [1.807, 2.05) is 0 Å². The summed E-state index contributed by atoms with van der Waals surface area (Å²) in [7, 11) is -1.70. The van der Waals surface area contributed by atoms with Gasteiger partial charge in [0.2, 0.25) is 0 Å². The van der Waals surface area contributed by atoms with Gasteiger partial charge in [0.05, 0.1) is 5.60 Å². The van der Waals surface area contributed by atoms with Crippen molar-refractivity contribution in [2.24, 2.45) is 5.92 Å². The van der Waals surface area contributed by atoms with Crippen LogP contribution in [0.4, 0.5) is 0 Å². The molecular formula is C24H42OSi. The number of hydrogen-bond donors (Lipinski definition) is 0. The minimum Gasteiger partial charge on any atom is -0.410 e. The Morgan fingerprint density at radius 2 is 1.27 bits per heavy atom. The monoisotopic (exact) mass is 374 g/mol. The molecule has 26 heavy (non-hydrogen) atoms. The highest BCUT2D eigenvalue weighted by molar-refractivity contribution is 6.73. The van der Waals surface area contributed by atoms with E-state index in [2.05, 4.69) is 58.9 Å². The van der Waals surface area contributed by atoms with E-state index in [1.54, 1.807) is 0 Å². The molecule has 1 aliphatic rings. The van der Waals surface area contributed by atoms with Crippen molar-refractivity contribution in [2.45, 2.75) is 110 Å². The molecule has 0 saturated heterocycles. The van der Waals surface area contributed by atoms with Crippen molar-refractivity contribution in [1.29, 1.82) is 0 Å². The van der Waals surface area contributed by atoms with Gasteiger partial charge in [0.1, 0.15) is 0 Å². The molecule has 2 rings (SSSR count). The first-order valence-electron chi connectivity index (χ1n) is 11.3. The predicted octanol–water partition coefficient (Wildman–Crippen LogP) is 7.54. The quantitative estimate of drug-likeness (QED) is 0.343. The average Bonchev–Trinajstić information content (AvgIpc) is 3.02. The molecule has 1 aliphatic carbocycles. The van der Waals surface area contributed by atoms with Crippen molar-refractivity contribution < 1.29 is 4.43 Å². The van der Waals surface area contributed by atoms with Crippen LogP contribution < -0.4 is 0 Å². The SMILES string of the molecule is CCCC[Si](CCCC)(CCCC)OC1(C(C)C)Cc2ccccc2C1. The van der Waals surface area contributed by atoms with E-state index in [9.17, 15) is 0 Å². The van der Waals surface area contributed by atoms with Crippen LogP contribution >= 0.6 is 0 Å². The smallest absolute Gasteiger partial charge is 0.193 e. The molecule has 0 aliphatic heterocycles. The summed E-state index contributed by atoms with van der Waals surface area (Å²) in [5, 5.41) is 0. The van der Waals surface area contributed by atoms with Crippen molar-refractivity contribution in [3.8, 4) is 0 Å². The van der Waals surface area contributed by atoms with Gasteiger partial charge in [0, 0.05) is 12.8 Å². The lowest BCUT2D eigenvalue weighted by molar-refractivity contribution is 0.0192. The van der Waals surface area contributed by atoms with Crippen LogP contribution in [-0.2, 0) is 17.3 Å². The lowest BCUT2D eigenvalue weighted by Crippen LogP contribution is -2.51. The number of hydrogen-bond acceptors (Lipinski definition) is 1. The van der Waals surface area contributed by atoms with E-state index < -0.39 is 8.32 Å². The highest BCUT2D eigenvalue weighted by Gasteiger charge is 2.47. The van der Waals surface area contributed by atoms with Gasteiger partial charge >= 0.3 is 0 Å². The van der Waals surface area contributed by atoms with E-state index in [4.69, 9.17) is 4.43 Å². The van der Waals surface area contributed by atoms with Crippen LogP contribution in [0.25, 0.3) is 0 Å². The summed E-state index contributed by atoms with van der Waals surface area (Å²) >= 11 is 0. The molecule has 1 nitrogen and oxygen atoms in total. The summed E-state index contributed by atoms with van der Waals surface area (Å²) in [6.45, 7) is 11.8. The minimum atomic E-state index is -1.70. The van der Waals surface area contributed by atoms with Gasteiger partial charge in [-0.05, 0) is 35.2 Å². The normalized spacial score (nSPS) is 16.2. The molecule has 0 spiro atoms. The van der Waals surface area contributed by atoms with Gasteiger partial charge in [0.15, 0.2) is 8.32 Å². The summed E-state index contributed by atoms with van der Waals surface area (Å²) in [6.07, 6.45) is 10.2. The Morgan fingerprint density at radius 1 is 0.846 bits per heavy atom. The van der Waals surface area contributed by atoms with Crippen molar-refractivity contribution in [3.05, 3.63) is 35.4 Å². The van der Waals surface area contributed by atoms with Crippen LogP contribution in [0.3, 0.4) is 0 Å². The standard InChI is InChI=1S/C24H42OSi/c1-6-9-16-26(17-10-7-2,18-11-8-3)25-24(21(4)5)19-22-14-12-13-15-23(22)20-24/h12-15,21H,6-11,16-20H2,1-5H3. The maximum Gasteiger partial charge on any atom is 0.193 e. The molecule has 1 aromatic rings. The average molecular weight is 375 g/mol. The second-order valence-corrected chi connectivity index (χ2v) is 13.0. The van der Waals surface area contributed by atoms with Gasteiger partial charge in [0.25, 0.3) is 0 Å². The second kappa shape index (κ2) is 10.1. The van der Waals surface area contributed by atoms with Crippen LogP contribution in [0, 0.1) is 5.92 Å². The lowest BCUT2D eigenvalue weighted by Gasteiger charge is -2.44. The Balaban J connectivity index is 2.29. The fourth-order valence-corrected chi connectivity index (χ4v) is 9.96. The van der Waals surface area contributed by atoms with E-state index in [0.29, 0.717) is 5.92 Å². The predicted molar refractivity (Wildman–Crippen MR) is 117 cm³/mol. The fraction of sp³-hybridized carbons (Fsp3) is 0.750. The number of fused-ring (bicyclic) bond motifs is 1. The largest absolute Gasteiger partial charge is 0.410 e. The third-order valence-corrected chi connectivity index (χ3v) is 11.2. The molecule has 0 N–H and O–H groups in total. The third kappa shape index (κ3) is 5.22. The van der Waals surface area contributed by atoms with Crippen LogP contribution in [0.5, 0.6) is 0 Å². The molecule has 0 radical (unpaired) electrons. The maximum atomic E-state index is 7.48. The van der Waals surface area contributed by atoms with Crippen molar-refractivity contribution in [2.75, 3.05) is 0 Å². The molecule has 0 bridgehead atoms. The first-order valence-corrected chi connectivity index (χ1v) is 13.8. The molecule has 0 unspecified atom stereocenters. The Hall–Kier alpha value is -0.603. The van der Waals surface area contributed by atoms with Crippen molar-refractivity contribution in [1.82, 2.24) is 0 Å². The number of benzene rings is 1. The second-order valence-electron chi connectivity index (χ2n) is 8.94. The van der Waals surface area contributed by atoms with Gasteiger partial charge in [-0.25, -0.2) is 0 Å². The summed E-state index contributed by atoms with van der Waals surface area (Å²) in [4.78, 5) is 0. The highest BCUT2D eigenvalue weighted by atomic mass is 28.4. The molecule has 0 heterocycles. The summed E-state index contributed by atoms with van der Waals surface area (Å²) in [6, 6.07) is 13.2. The van der Waals surface area contributed by atoms with Crippen LogP contribution in [0.1, 0.15) is 84.3 Å². The van der Waals surface area contributed by atoms with Crippen molar-refractivity contribution in [3.63, 3.8) is 0 Å². The summed E-state index contributed by atoms with van der Waals surface area (Å²) in [5.41, 5.74) is 3.11.